The van der Waals surface area contributed by atoms with E-state index in [0.717, 1.165) is 50.1 Å². The van der Waals surface area contributed by atoms with Crippen LogP contribution in [0, 0.1) is 23.7 Å². The molecule has 4 rings (SSSR count). The highest BCUT2D eigenvalue weighted by Gasteiger charge is 2.47. The molecule has 176 valence electrons. The SMILES string of the molecule is C#Cc1ccc(OC2(C)CN(C3CCC(CC#N)(n4cc(C(N)=O)c(NC=O)n4)CC3)C2)cc1. The van der Waals surface area contributed by atoms with Crippen molar-refractivity contribution in [1.29, 1.82) is 5.26 Å². The van der Waals surface area contributed by atoms with Crippen molar-refractivity contribution in [2.45, 2.75) is 56.2 Å². The summed E-state index contributed by atoms with van der Waals surface area (Å²) in [5.41, 5.74) is 5.61. The van der Waals surface area contributed by atoms with Gasteiger partial charge in [-0.1, -0.05) is 5.92 Å². The number of likely N-dealkylation sites (tertiary alicyclic amines) is 1. The number of hydrogen-bond acceptors (Lipinski definition) is 6. The number of amides is 2. The molecule has 1 saturated heterocycles. The average Bonchev–Trinajstić information content (AvgIpc) is 3.24. The molecule has 0 atom stereocenters. The maximum atomic E-state index is 11.8. The lowest BCUT2D eigenvalue weighted by molar-refractivity contribution is -0.105. The lowest BCUT2D eigenvalue weighted by Crippen LogP contribution is -2.66. The number of nitrogens with one attached hydrogen (secondary N) is 1. The Morgan fingerprint density at radius 1 is 1.35 bits per heavy atom. The average molecular weight is 461 g/mol. The normalized spacial score (nSPS) is 23.7. The number of benzene rings is 1. The van der Waals surface area contributed by atoms with E-state index in [9.17, 15) is 14.9 Å². The molecular formula is C25H28N6O3. The third-order valence-corrected chi connectivity index (χ3v) is 6.93. The molecule has 3 N–H and O–H groups in total. The number of primary amides is 1. The van der Waals surface area contributed by atoms with Crippen LogP contribution in [-0.2, 0) is 10.3 Å². The summed E-state index contributed by atoms with van der Waals surface area (Å²) in [6.45, 7) is 3.75. The summed E-state index contributed by atoms with van der Waals surface area (Å²) in [7, 11) is 0. The number of nitrogens with two attached hydrogens (primary N) is 1. The summed E-state index contributed by atoms with van der Waals surface area (Å²) in [4.78, 5) is 25.1. The Hall–Kier alpha value is -3.82. The highest BCUT2D eigenvalue weighted by Crippen LogP contribution is 2.42. The zero-order valence-electron chi connectivity index (χ0n) is 19.2. The van der Waals surface area contributed by atoms with E-state index in [0.29, 0.717) is 12.5 Å². The Morgan fingerprint density at radius 2 is 2.03 bits per heavy atom. The second kappa shape index (κ2) is 9.20. The summed E-state index contributed by atoms with van der Waals surface area (Å²) in [6.07, 6.45) is 10.9. The van der Waals surface area contributed by atoms with Crippen molar-refractivity contribution in [1.82, 2.24) is 14.7 Å². The molecule has 1 aromatic heterocycles. The van der Waals surface area contributed by atoms with Crippen LogP contribution in [-0.4, -0.2) is 51.7 Å². The van der Waals surface area contributed by atoms with Gasteiger partial charge in [0.15, 0.2) is 5.82 Å². The molecule has 2 heterocycles. The molecule has 0 bridgehead atoms. The highest BCUT2D eigenvalue weighted by molar-refractivity contribution is 5.99. The van der Waals surface area contributed by atoms with Gasteiger partial charge in [0, 0.05) is 30.9 Å². The summed E-state index contributed by atoms with van der Waals surface area (Å²) < 4.78 is 7.88. The van der Waals surface area contributed by atoms with Gasteiger partial charge in [0.2, 0.25) is 6.41 Å². The van der Waals surface area contributed by atoms with E-state index >= 15 is 0 Å². The highest BCUT2D eigenvalue weighted by atomic mass is 16.5. The topological polar surface area (TPSA) is 126 Å². The number of terminal acetylenes is 1. The van der Waals surface area contributed by atoms with Crippen molar-refractivity contribution in [2.75, 3.05) is 18.4 Å². The molecule has 2 fully saturated rings. The van der Waals surface area contributed by atoms with Gasteiger partial charge in [0.25, 0.3) is 5.91 Å². The molecule has 0 radical (unpaired) electrons. The minimum Gasteiger partial charge on any atom is -0.485 e. The molecular weight excluding hydrogens is 432 g/mol. The molecule has 9 nitrogen and oxygen atoms in total. The summed E-state index contributed by atoms with van der Waals surface area (Å²) in [5.74, 6) is 2.86. The number of ether oxygens (including phenoxy) is 1. The molecule has 0 spiro atoms. The molecule has 1 aliphatic carbocycles. The van der Waals surface area contributed by atoms with Crippen molar-refractivity contribution >= 4 is 18.1 Å². The summed E-state index contributed by atoms with van der Waals surface area (Å²) >= 11 is 0. The Bertz CT molecular complexity index is 1140. The van der Waals surface area contributed by atoms with E-state index in [1.54, 1.807) is 10.9 Å². The predicted octanol–water partition coefficient (Wildman–Crippen LogP) is 2.24. The lowest BCUT2D eigenvalue weighted by atomic mass is 9.76. The molecule has 2 aromatic rings. The predicted molar refractivity (Wildman–Crippen MR) is 126 cm³/mol. The standard InChI is InChI=1S/C25H28N6O3/c1-3-18-4-6-20(7-5-18)34-24(2)15-30(16-24)19-8-10-25(11-9-19,12-13-26)31-14-21(22(27)33)23(29-31)28-17-32/h1,4-7,14,17,19H,8-12,15-16H2,2H3,(H2,27,33)(H,28,29,32). The zero-order valence-corrected chi connectivity index (χ0v) is 19.2. The number of carbonyl (C=O) groups is 2. The van der Waals surface area contributed by atoms with Crippen LogP contribution in [0.3, 0.4) is 0 Å². The molecule has 1 aromatic carbocycles. The van der Waals surface area contributed by atoms with Crippen LogP contribution in [0.1, 0.15) is 54.9 Å². The van der Waals surface area contributed by atoms with Crippen molar-refractivity contribution in [3.63, 3.8) is 0 Å². The lowest BCUT2D eigenvalue weighted by Gasteiger charge is -2.53. The fourth-order valence-corrected chi connectivity index (χ4v) is 5.14. The van der Waals surface area contributed by atoms with E-state index in [4.69, 9.17) is 16.9 Å². The first-order valence-electron chi connectivity index (χ1n) is 11.3. The van der Waals surface area contributed by atoms with E-state index < -0.39 is 11.4 Å². The van der Waals surface area contributed by atoms with Gasteiger partial charge in [-0.15, -0.1) is 6.42 Å². The number of nitriles is 1. The van der Waals surface area contributed by atoms with Crippen LogP contribution in [0.4, 0.5) is 5.82 Å². The van der Waals surface area contributed by atoms with Crippen molar-refractivity contribution < 1.29 is 14.3 Å². The maximum Gasteiger partial charge on any atom is 0.254 e. The second-order valence-electron chi connectivity index (χ2n) is 9.38. The Kier molecular flexibility index (Phi) is 6.32. The number of anilines is 1. The van der Waals surface area contributed by atoms with Crippen molar-refractivity contribution in [3.8, 4) is 24.2 Å². The molecule has 0 unspecified atom stereocenters. The molecule has 2 aliphatic rings. The number of rotatable bonds is 8. The van der Waals surface area contributed by atoms with Gasteiger partial charge in [-0.2, -0.15) is 10.4 Å². The first-order chi connectivity index (χ1) is 16.3. The summed E-state index contributed by atoms with van der Waals surface area (Å²) in [5, 5.41) is 16.3. The Balaban J connectivity index is 1.40. The smallest absolute Gasteiger partial charge is 0.254 e. The first-order valence-corrected chi connectivity index (χ1v) is 11.3. The zero-order chi connectivity index (χ0) is 24.3. The summed E-state index contributed by atoms with van der Waals surface area (Å²) in [6, 6.07) is 10.2. The van der Waals surface area contributed by atoms with Gasteiger partial charge in [-0.3, -0.25) is 19.2 Å². The van der Waals surface area contributed by atoms with E-state index in [1.807, 2.05) is 24.3 Å². The minimum absolute atomic E-state index is 0.118. The van der Waals surface area contributed by atoms with E-state index in [2.05, 4.69) is 34.2 Å². The Morgan fingerprint density at radius 3 is 2.59 bits per heavy atom. The molecule has 34 heavy (non-hydrogen) atoms. The van der Waals surface area contributed by atoms with Gasteiger partial charge in [-0.25, -0.2) is 0 Å². The number of carbonyl (C=O) groups excluding carboxylic acids is 2. The van der Waals surface area contributed by atoms with Crippen molar-refractivity contribution in [2.24, 2.45) is 5.73 Å². The third-order valence-electron chi connectivity index (χ3n) is 6.93. The fourth-order valence-electron chi connectivity index (χ4n) is 5.14. The first kappa shape index (κ1) is 23.3. The van der Waals surface area contributed by atoms with Crippen LogP contribution in [0.5, 0.6) is 5.75 Å². The minimum atomic E-state index is -0.676. The van der Waals surface area contributed by atoms with Crippen LogP contribution in [0.15, 0.2) is 30.5 Å². The maximum absolute atomic E-state index is 11.8. The van der Waals surface area contributed by atoms with Crippen LogP contribution >= 0.6 is 0 Å². The Labute approximate surface area is 198 Å². The van der Waals surface area contributed by atoms with Crippen LogP contribution in [0.2, 0.25) is 0 Å². The largest absolute Gasteiger partial charge is 0.485 e. The van der Waals surface area contributed by atoms with Crippen LogP contribution in [0.25, 0.3) is 0 Å². The molecule has 9 heteroatoms. The monoisotopic (exact) mass is 460 g/mol. The van der Waals surface area contributed by atoms with E-state index in [1.165, 1.54) is 0 Å². The van der Waals surface area contributed by atoms with Crippen molar-refractivity contribution in [3.05, 3.63) is 41.6 Å². The van der Waals surface area contributed by atoms with Crippen LogP contribution < -0.4 is 15.8 Å². The fraction of sp³-hybridized carbons (Fsp3) is 0.440. The third kappa shape index (κ3) is 4.48. The van der Waals surface area contributed by atoms with Gasteiger partial charge in [-0.05, 0) is 56.9 Å². The second-order valence-corrected chi connectivity index (χ2v) is 9.38. The number of hydrogen-bond donors (Lipinski definition) is 2. The molecule has 1 saturated carbocycles. The van der Waals surface area contributed by atoms with Gasteiger partial charge >= 0.3 is 0 Å². The molecule has 2 amide bonds. The van der Waals surface area contributed by atoms with E-state index in [-0.39, 0.29) is 23.4 Å². The van der Waals surface area contributed by atoms with Gasteiger partial charge in [0.1, 0.15) is 16.9 Å². The molecule has 1 aliphatic heterocycles. The number of nitrogens with zero attached hydrogens (tertiary/aromatic N) is 4. The quantitative estimate of drug-likeness (QED) is 0.460. The number of aromatic nitrogens is 2. The van der Waals surface area contributed by atoms with Gasteiger partial charge in [0.05, 0.1) is 18.0 Å². The van der Waals surface area contributed by atoms with Gasteiger partial charge < -0.3 is 15.8 Å².